The van der Waals surface area contributed by atoms with Crippen molar-refractivity contribution in [3.8, 4) is 0 Å². The van der Waals surface area contributed by atoms with Gasteiger partial charge in [0.15, 0.2) is 0 Å². The topological polar surface area (TPSA) is 81.3 Å². The van der Waals surface area contributed by atoms with Gasteiger partial charge in [-0.3, -0.25) is 18.7 Å². The molecule has 0 bridgehead atoms. The Balaban J connectivity index is 2.42. The minimum atomic E-state index is -0.986. The number of rotatable bonds is 5. The highest BCUT2D eigenvalue weighted by atomic mass is 16.4. The average molecular weight is 288 g/mol. The zero-order valence-electron chi connectivity index (χ0n) is 11.7. The van der Waals surface area contributed by atoms with E-state index in [2.05, 4.69) is 0 Å². The molecule has 0 fully saturated rings. The summed E-state index contributed by atoms with van der Waals surface area (Å²) >= 11 is 0. The molecular formula is C15H16N2O4. The second-order valence-electron chi connectivity index (χ2n) is 4.81. The van der Waals surface area contributed by atoms with Gasteiger partial charge in [-0.1, -0.05) is 30.3 Å². The number of hydrogen-bond donors (Lipinski definition) is 1. The molecule has 1 aromatic carbocycles. The molecule has 6 heteroatoms. The second kappa shape index (κ2) is 6.21. The van der Waals surface area contributed by atoms with Crippen LogP contribution in [0.1, 0.15) is 17.5 Å². The normalized spacial score (nSPS) is 10.5. The van der Waals surface area contributed by atoms with E-state index in [1.165, 1.54) is 10.8 Å². The number of carbonyl (C=O) groups is 1. The van der Waals surface area contributed by atoms with Crippen LogP contribution in [0, 0.1) is 6.92 Å². The van der Waals surface area contributed by atoms with Gasteiger partial charge in [-0.2, -0.15) is 0 Å². The monoisotopic (exact) mass is 288 g/mol. The fourth-order valence-corrected chi connectivity index (χ4v) is 2.08. The predicted molar refractivity (Wildman–Crippen MR) is 77.5 cm³/mol. The summed E-state index contributed by atoms with van der Waals surface area (Å²) in [5.41, 5.74) is 0.411. The van der Waals surface area contributed by atoms with Crippen molar-refractivity contribution in [3.05, 3.63) is 68.5 Å². The molecule has 0 atom stereocenters. The van der Waals surface area contributed by atoms with Crippen LogP contribution < -0.4 is 11.2 Å². The first-order valence-electron chi connectivity index (χ1n) is 6.55. The maximum Gasteiger partial charge on any atom is 0.331 e. The van der Waals surface area contributed by atoms with Gasteiger partial charge in [0.2, 0.25) is 0 Å². The summed E-state index contributed by atoms with van der Waals surface area (Å²) < 4.78 is 2.40. The van der Waals surface area contributed by atoms with E-state index < -0.39 is 11.7 Å². The fraction of sp³-hybridized carbons (Fsp3) is 0.267. The standard InChI is InChI=1S/C15H16N2O4/c1-11-9-16(8-7-13(18)19)15(21)17(14(11)20)10-12-5-3-2-4-6-12/h2-6,9H,7-8,10H2,1H3,(H,18,19). The van der Waals surface area contributed by atoms with Crippen LogP contribution >= 0.6 is 0 Å². The average Bonchev–Trinajstić information content (AvgIpc) is 2.47. The Labute approximate surface area is 120 Å². The van der Waals surface area contributed by atoms with Gasteiger partial charge in [0, 0.05) is 18.3 Å². The number of aromatic nitrogens is 2. The Morgan fingerprint density at radius 3 is 2.48 bits per heavy atom. The van der Waals surface area contributed by atoms with E-state index in [-0.39, 0.29) is 25.1 Å². The highest BCUT2D eigenvalue weighted by molar-refractivity contribution is 5.66. The van der Waals surface area contributed by atoms with Crippen LogP contribution in [-0.4, -0.2) is 20.2 Å². The van der Waals surface area contributed by atoms with E-state index in [4.69, 9.17) is 5.11 Å². The van der Waals surface area contributed by atoms with Crippen molar-refractivity contribution in [2.75, 3.05) is 0 Å². The Morgan fingerprint density at radius 1 is 1.19 bits per heavy atom. The summed E-state index contributed by atoms with van der Waals surface area (Å²) in [7, 11) is 0. The fourth-order valence-electron chi connectivity index (χ4n) is 2.08. The lowest BCUT2D eigenvalue weighted by molar-refractivity contribution is -0.137. The highest BCUT2D eigenvalue weighted by Crippen LogP contribution is 1.99. The van der Waals surface area contributed by atoms with E-state index in [0.29, 0.717) is 5.56 Å². The molecule has 0 unspecified atom stereocenters. The first-order valence-corrected chi connectivity index (χ1v) is 6.55. The molecule has 21 heavy (non-hydrogen) atoms. The molecule has 1 heterocycles. The molecule has 0 amide bonds. The number of aliphatic carboxylic acids is 1. The summed E-state index contributed by atoms with van der Waals surface area (Å²) in [6.07, 6.45) is 1.25. The van der Waals surface area contributed by atoms with Crippen molar-refractivity contribution in [2.45, 2.75) is 26.4 Å². The molecule has 0 aliphatic carbocycles. The SMILES string of the molecule is Cc1cn(CCC(=O)O)c(=O)n(Cc2ccccc2)c1=O. The lowest BCUT2D eigenvalue weighted by Gasteiger charge is -2.11. The Morgan fingerprint density at radius 2 is 1.86 bits per heavy atom. The van der Waals surface area contributed by atoms with Crippen LogP contribution in [0.25, 0.3) is 0 Å². The minimum absolute atomic E-state index is 0.0457. The van der Waals surface area contributed by atoms with Crippen molar-refractivity contribution < 1.29 is 9.90 Å². The molecule has 0 aliphatic heterocycles. The highest BCUT2D eigenvalue weighted by Gasteiger charge is 2.10. The van der Waals surface area contributed by atoms with Crippen LogP contribution in [0.3, 0.4) is 0 Å². The number of hydrogen-bond acceptors (Lipinski definition) is 3. The van der Waals surface area contributed by atoms with Gasteiger partial charge in [0.05, 0.1) is 13.0 Å². The molecule has 0 spiro atoms. The van der Waals surface area contributed by atoms with Crippen molar-refractivity contribution in [3.63, 3.8) is 0 Å². The second-order valence-corrected chi connectivity index (χ2v) is 4.81. The van der Waals surface area contributed by atoms with E-state index in [9.17, 15) is 14.4 Å². The third-order valence-electron chi connectivity index (χ3n) is 3.16. The van der Waals surface area contributed by atoms with Gasteiger partial charge < -0.3 is 5.11 Å². The zero-order chi connectivity index (χ0) is 15.4. The van der Waals surface area contributed by atoms with Gasteiger partial charge in [0.25, 0.3) is 5.56 Å². The lowest BCUT2D eigenvalue weighted by atomic mass is 10.2. The van der Waals surface area contributed by atoms with Gasteiger partial charge in [0.1, 0.15) is 0 Å². The number of aryl methyl sites for hydroxylation is 2. The molecular weight excluding hydrogens is 272 g/mol. The van der Waals surface area contributed by atoms with Gasteiger partial charge in [-0.15, -0.1) is 0 Å². The number of nitrogens with zero attached hydrogens (tertiary/aromatic N) is 2. The van der Waals surface area contributed by atoms with Gasteiger partial charge in [-0.05, 0) is 12.5 Å². The Hall–Kier alpha value is -2.63. The third-order valence-corrected chi connectivity index (χ3v) is 3.16. The van der Waals surface area contributed by atoms with E-state index in [0.717, 1.165) is 10.1 Å². The van der Waals surface area contributed by atoms with E-state index in [1.807, 2.05) is 30.3 Å². The molecule has 2 rings (SSSR count). The Bertz CT molecular complexity index is 759. The Kier molecular flexibility index (Phi) is 4.37. The maximum atomic E-state index is 12.3. The summed E-state index contributed by atoms with van der Waals surface area (Å²) in [4.78, 5) is 35.0. The van der Waals surface area contributed by atoms with Crippen LogP contribution in [0.5, 0.6) is 0 Å². The van der Waals surface area contributed by atoms with Crippen molar-refractivity contribution in [1.29, 1.82) is 0 Å². The van der Waals surface area contributed by atoms with Gasteiger partial charge in [-0.25, -0.2) is 4.79 Å². The van der Waals surface area contributed by atoms with Gasteiger partial charge >= 0.3 is 11.7 Å². The number of carboxylic acid groups (broad SMARTS) is 1. The van der Waals surface area contributed by atoms with Crippen LogP contribution in [-0.2, 0) is 17.9 Å². The molecule has 6 nitrogen and oxygen atoms in total. The predicted octanol–water partition coefficient (Wildman–Crippen LogP) is 0.841. The molecule has 0 saturated carbocycles. The largest absolute Gasteiger partial charge is 0.481 e. The molecule has 0 radical (unpaired) electrons. The maximum absolute atomic E-state index is 12.3. The summed E-state index contributed by atoms with van der Waals surface area (Å²) in [6.45, 7) is 1.83. The molecule has 1 aromatic heterocycles. The van der Waals surface area contributed by atoms with E-state index in [1.54, 1.807) is 6.92 Å². The van der Waals surface area contributed by atoms with Crippen LogP contribution in [0.2, 0.25) is 0 Å². The summed E-state index contributed by atoms with van der Waals surface area (Å²) in [5.74, 6) is -0.986. The van der Waals surface area contributed by atoms with Crippen molar-refractivity contribution in [2.24, 2.45) is 0 Å². The zero-order valence-corrected chi connectivity index (χ0v) is 11.7. The van der Waals surface area contributed by atoms with E-state index >= 15 is 0 Å². The number of benzene rings is 1. The summed E-state index contributed by atoms with van der Waals surface area (Å²) in [5, 5.41) is 8.71. The van der Waals surface area contributed by atoms with Crippen molar-refractivity contribution >= 4 is 5.97 Å². The first-order chi connectivity index (χ1) is 9.99. The minimum Gasteiger partial charge on any atom is -0.481 e. The molecule has 2 aromatic rings. The lowest BCUT2D eigenvalue weighted by Crippen LogP contribution is -2.41. The number of carboxylic acids is 1. The first kappa shape index (κ1) is 14.8. The van der Waals surface area contributed by atoms with Crippen LogP contribution in [0.4, 0.5) is 0 Å². The third kappa shape index (κ3) is 3.47. The quantitative estimate of drug-likeness (QED) is 0.884. The van der Waals surface area contributed by atoms with Crippen molar-refractivity contribution in [1.82, 2.24) is 9.13 Å². The smallest absolute Gasteiger partial charge is 0.331 e. The summed E-state index contributed by atoms with van der Waals surface area (Å²) in [6, 6.07) is 9.18. The molecule has 0 saturated heterocycles. The molecule has 0 aliphatic rings. The molecule has 1 N–H and O–H groups in total. The molecule has 110 valence electrons. The van der Waals surface area contributed by atoms with Crippen LogP contribution in [0.15, 0.2) is 46.1 Å².